The second kappa shape index (κ2) is 6.16. The number of benzene rings is 2. The summed E-state index contributed by atoms with van der Waals surface area (Å²) < 4.78 is 20.8. The van der Waals surface area contributed by atoms with Crippen molar-refractivity contribution in [1.29, 1.82) is 0 Å². The van der Waals surface area contributed by atoms with Gasteiger partial charge < -0.3 is 23.7 Å². The monoisotopic (exact) mass is 328 g/mol. The fourth-order valence-electron chi connectivity index (χ4n) is 2.49. The first-order chi connectivity index (χ1) is 11.6. The molecular weight excluding hydrogens is 312 g/mol. The van der Waals surface area contributed by atoms with Crippen molar-refractivity contribution in [3.05, 3.63) is 46.8 Å². The third-order valence-corrected chi connectivity index (χ3v) is 3.74. The summed E-state index contributed by atoms with van der Waals surface area (Å²) in [6.45, 7) is 0. The SMILES string of the molecule is COc1ccc2cc(-c3cc(OC)c(OC)cc3O)c(=O)oc2c1. The quantitative estimate of drug-likeness (QED) is 0.741. The highest BCUT2D eigenvalue weighted by Crippen LogP contribution is 2.39. The number of phenols is 1. The lowest BCUT2D eigenvalue weighted by molar-refractivity contribution is 0.352. The lowest BCUT2D eigenvalue weighted by Gasteiger charge is -2.11. The molecule has 0 radical (unpaired) electrons. The van der Waals surface area contributed by atoms with Gasteiger partial charge in [-0.3, -0.25) is 0 Å². The molecule has 0 amide bonds. The van der Waals surface area contributed by atoms with Crippen LogP contribution in [0.25, 0.3) is 22.1 Å². The highest BCUT2D eigenvalue weighted by atomic mass is 16.5. The average Bonchev–Trinajstić information content (AvgIpc) is 2.60. The van der Waals surface area contributed by atoms with Crippen molar-refractivity contribution < 1.29 is 23.7 Å². The van der Waals surface area contributed by atoms with Crippen LogP contribution < -0.4 is 19.8 Å². The van der Waals surface area contributed by atoms with Crippen LogP contribution in [-0.2, 0) is 0 Å². The van der Waals surface area contributed by atoms with E-state index in [4.69, 9.17) is 18.6 Å². The lowest BCUT2D eigenvalue weighted by atomic mass is 10.0. The zero-order chi connectivity index (χ0) is 17.3. The van der Waals surface area contributed by atoms with E-state index in [0.717, 1.165) is 0 Å². The standard InChI is InChI=1S/C18H16O6/c1-21-11-5-4-10-6-13(18(20)24-15(10)7-11)12-8-16(22-2)17(23-3)9-14(12)19/h4-9,19H,1-3H3. The van der Waals surface area contributed by atoms with Crippen molar-refractivity contribution in [1.82, 2.24) is 0 Å². The zero-order valence-corrected chi connectivity index (χ0v) is 13.5. The van der Waals surface area contributed by atoms with E-state index in [2.05, 4.69) is 0 Å². The van der Waals surface area contributed by atoms with Gasteiger partial charge in [-0.25, -0.2) is 4.79 Å². The predicted molar refractivity (Wildman–Crippen MR) is 89.2 cm³/mol. The Bertz CT molecular complexity index is 958. The molecule has 0 fully saturated rings. The number of hydrogen-bond acceptors (Lipinski definition) is 6. The fourth-order valence-corrected chi connectivity index (χ4v) is 2.49. The topological polar surface area (TPSA) is 78.1 Å². The summed E-state index contributed by atoms with van der Waals surface area (Å²) in [6, 6.07) is 9.76. The lowest BCUT2D eigenvalue weighted by Crippen LogP contribution is -2.03. The van der Waals surface area contributed by atoms with Crippen molar-refractivity contribution in [3.8, 4) is 34.1 Å². The van der Waals surface area contributed by atoms with Crippen molar-refractivity contribution >= 4 is 11.0 Å². The van der Waals surface area contributed by atoms with E-state index in [1.807, 2.05) is 0 Å². The Balaban J connectivity index is 2.22. The van der Waals surface area contributed by atoms with Crippen molar-refractivity contribution in [2.45, 2.75) is 0 Å². The van der Waals surface area contributed by atoms with E-state index in [-0.39, 0.29) is 11.3 Å². The summed E-state index contributed by atoms with van der Waals surface area (Å²) in [7, 11) is 4.48. The summed E-state index contributed by atoms with van der Waals surface area (Å²) in [5, 5.41) is 10.9. The average molecular weight is 328 g/mol. The second-order valence-electron chi connectivity index (χ2n) is 5.08. The molecule has 1 heterocycles. The maximum atomic E-state index is 12.3. The van der Waals surface area contributed by atoms with Crippen LogP contribution >= 0.6 is 0 Å². The van der Waals surface area contributed by atoms with E-state index in [1.165, 1.54) is 33.5 Å². The van der Waals surface area contributed by atoms with Crippen LogP contribution in [0.15, 0.2) is 45.6 Å². The molecule has 2 aromatic carbocycles. The van der Waals surface area contributed by atoms with Crippen LogP contribution in [-0.4, -0.2) is 26.4 Å². The summed E-state index contributed by atoms with van der Waals surface area (Å²) in [5.74, 6) is 1.26. The Kier molecular flexibility index (Phi) is 4.04. The number of hydrogen-bond donors (Lipinski definition) is 1. The number of aromatic hydroxyl groups is 1. The molecule has 0 atom stereocenters. The number of fused-ring (bicyclic) bond motifs is 1. The number of phenolic OH excluding ortho intramolecular Hbond substituents is 1. The van der Waals surface area contributed by atoms with E-state index in [1.54, 1.807) is 24.3 Å². The molecule has 3 rings (SSSR count). The number of rotatable bonds is 4. The van der Waals surface area contributed by atoms with Crippen molar-refractivity contribution in [3.63, 3.8) is 0 Å². The minimum absolute atomic E-state index is 0.104. The highest BCUT2D eigenvalue weighted by Gasteiger charge is 2.16. The molecule has 124 valence electrons. The number of ether oxygens (including phenoxy) is 3. The van der Waals surface area contributed by atoms with Crippen LogP contribution in [0.1, 0.15) is 0 Å². The molecule has 0 saturated heterocycles. The van der Waals surface area contributed by atoms with Crippen LogP contribution in [0.2, 0.25) is 0 Å². The maximum Gasteiger partial charge on any atom is 0.344 e. The molecule has 6 nitrogen and oxygen atoms in total. The first kappa shape index (κ1) is 15.7. The molecule has 0 bridgehead atoms. The zero-order valence-electron chi connectivity index (χ0n) is 13.5. The molecule has 3 aromatic rings. The maximum absolute atomic E-state index is 12.3. The van der Waals surface area contributed by atoms with Gasteiger partial charge in [0.2, 0.25) is 0 Å². The molecule has 0 aliphatic heterocycles. The first-order valence-corrected chi connectivity index (χ1v) is 7.14. The van der Waals surface area contributed by atoms with Gasteiger partial charge in [0.05, 0.1) is 26.9 Å². The van der Waals surface area contributed by atoms with E-state index in [0.29, 0.717) is 33.8 Å². The van der Waals surface area contributed by atoms with Gasteiger partial charge in [0.25, 0.3) is 0 Å². The van der Waals surface area contributed by atoms with Crippen LogP contribution in [0.3, 0.4) is 0 Å². The third kappa shape index (κ3) is 2.62. The van der Waals surface area contributed by atoms with Gasteiger partial charge in [-0.05, 0) is 24.3 Å². The van der Waals surface area contributed by atoms with Crippen molar-refractivity contribution in [2.24, 2.45) is 0 Å². The van der Waals surface area contributed by atoms with Gasteiger partial charge in [0, 0.05) is 23.1 Å². The van der Waals surface area contributed by atoms with Gasteiger partial charge in [-0.2, -0.15) is 0 Å². The Morgan fingerprint density at radius 2 is 1.58 bits per heavy atom. The Morgan fingerprint density at radius 3 is 2.25 bits per heavy atom. The van der Waals surface area contributed by atoms with Gasteiger partial charge in [-0.1, -0.05) is 0 Å². The molecular formula is C18H16O6. The smallest absolute Gasteiger partial charge is 0.344 e. The molecule has 0 spiro atoms. The van der Waals surface area contributed by atoms with Gasteiger partial charge in [0.15, 0.2) is 11.5 Å². The normalized spacial score (nSPS) is 10.6. The van der Waals surface area contributed by atoms with Crippen LogP contribution in [0.5, 0.6) is 23.0 Å². The first-order valence-electron chi connectivity index (χ1n) is 7.14. The summed E-state index contributed by atoms with van der Waals surface area (Å²) >= 11 is 0. The minimum Gasteiger partial charge on any atom is -0.507 e. The van der Waals surface area contributed by atoms with Gasteiger partial charge in [-0.15, -0.1) is 0 Å². The van der Waals surface area contributed by atoms with Gasteiger partial charge >= 0.3 is 5.63 Å². The van der Waals surface area contributed by atoms with Crippen LogP contribution in [0.4, 0.5) is 0 Å². The Morgan fingerprint density at radius 1 is 0.875 bits per heavy atom. The van der Waals surface area contributed by atoms with E-state index in [9.17, 15) is 9.90 Å². The summed E-state index contributed by atoms with van der Waals surface area (Å²) in [6.07, 6.45) is 0. The molecule has 0 aliphatic rings. The molecule has 0 aliphatic carbocycles. The predicted octanol–water partition coefficient (Wildman–Crippen LogP) is 3.19. The summed E-state index contributed by atoms with van der Waals surface area (Å²) in [4.78, 5) is 12.3. The molecule has 0 unspecified atom stereocenters. The molecule has 24 heavy (non-hydrogen) atoms. The van der Waals surface area contributed by atoms with Gasteiger partial charge in [0.1, 0.15) is 17.1 Å². The van der Waals surface area contributed by atoms with E-state index < -0.39 is 5.63 Å². The second-order valence-corrected chi connectivity index (χ2v) is 5.08. The largest absolute Gasteiger partial charge is 0.507 e. The third-order valence-electron chi connectivity index (χ3n) is 3.74. The molecule has 1 N–H and O–H groups in total. The molecule has 1 aromatic heterocycles. The minimum atomic E-state index is -0.571. The van der Waals surface area contributed by atoms with Crippen LogP contribution in [0, 0.1) is 0 Å². The Labute approximate surface area is 137 Å². The fraction of sp³-hybridized carbons (Fsp3) is 0.167. The molecule has 0 saturated carbocycles. The number of methoxy groups -OCH3 is 3. The highest BCUT2D eigenvalue weighted by molar-refractivity contribution is 5.84. The summed E-state index contributed by atoms with van der Waals surface area (Å²) in [5.41, 5.74) is 0.367. The molecule has 6 heteroatoms. The van der Waals surface area contributed by atoms with E-state index >= 15 is 0 Å². The Hall–Kier alpha value is -3.15. The van der Waals surface area contributed by atoms with Crippen molar-refractivity contribution in [2.75, 3.05) is 21.3 Å².